The van der Waals surface area contributed by atoms with E-state index in [1.807, 2.05) is 0 Å². The highest BCUT2D eigenvalue weighted by Gasteiger charge is 2.33. The molecule has 1 aliphatic heterocycles. The number of carbonyl (C=O) groups is 1. The Morgan fingerprint density at radius 2 is 2.00 bits per heavy atom. The molecule has 2 rings (SSSR count). The monoisotopic (exact) mass is 200 g/mol. The second-order valence-electron chi connectivity index (χ2n) is 2.82. The number of carbonyl (C=O) groups excluding carboxylic acids is 1. The van der Waals surface area contributed by atoms with Gasteiger partial charge in [0, 0.05) is 5.56 Å². The minimum Gasteiger partial charge on any atom is -0.293 e. The van der Waals surface area contributed by atoms with Crippen molar-refractivity contribution in [3.05, 3.63) is 29.6 Å². The lowest BCUT2D eigenvalue weighted by atomic mass is 10.1. The molecule has 68 valence electrons. The van der Waals surface area contributed by atoms with Crippen molar-refractivity contribution in [2.24, 2.45) is 0 Å². The lowest BCUT2D eigenvalue weighted by Crippen LogP contribution is -2.03. The van der Waals surface area contributed by atoms with E-state index < -0.39 is 27.2 Å². The zero-order valence-electron chi connectivity index (χ0n) is 6.45. The fourth-order valence-corrected chi connectivity index (χ4v) is 2.78. The van der Waals surface area contributed by atoms with E-state index in [0.29, 0.717) is 0 Å². The van der Waals surface area contributed by atoms with E-state index >= 15 is 0 Å². The smallest absolute Gasteiger partial charge is 0.186 e. The Hall–Kier alpha value is -1.23. The van der Waals surface area contributed by atoms with Crippen LogP contribution < -0.4 is 0 Å². The lowest BCUT2D eigenvalue weighted by Gasteiger charge is -1.95. The summed E-state index contributed by atoms with van der Waals surface area (Å²) < 4.78 is 35.1. The molecule has 0 fully saturated rings. The van der Waals surface area contributed by atoms with E-state index in [0.717, 1.165) is 12.1 Å². The van der Waals surface area contributed by atoms with Crippen molar-refractivity contribution in [1.29, 1.82) is 0 Å². The van der Waals surface area contributed by atoms with Gasteiger partial charge < -0.3 is 0 Å². The van der Waals surface area contributed by atoms with Crippen LogP contribution in [0, 0.1) is 5.82 Å². The third-order valence-electron chi connectivity index (χ3n) is 1.90. The average Bonchev–Trinajstić information content (AvgIpc) is 2.23. The van der Waals surface area contributed by atoms with E-state index in [1.165, 1.54) is 6.07 Å². The van der Waals surface area contributed by atoms with Crippen molar-refractivity contribution in [3.8, 4) is 0 Å². The van der Waals surface area contributed by atoms with Crippen LogP contribution in [-0.2, 0) is 9.84 Å². The number of sulfone groups is 1. The van der Waals surface area contributed by atoms with Crippen LogP contribution in [0.2, 0.25) is 0 Å². The molecule has 1 aromatic rings. The summed E-state index contributed by atoms with van der Waals surface area (Å²) in [5.41, 5.74) is 0.0985. The largest absolute Gasteiger partial charge is 0.293 e. The summed E-state index contributed by atoms with van der Waals surface area (Å²) in [4.78, 5) is 10.9. The molecule has 0 saturated carbocycles. The first kappa shape index (κ1) is 8.37. The van der Waals surface area contributed by atoms with Crippen molar-refractivity contribution in [2.75, 3.05) is 5.75 Å². The van der Waals surface area contributed by atoms with Crippen LogP contribution in [0.25, 0.3) is 0 Å². The van der Waals surface area contributed by atoms with Gasteiger partial charge in [0.05, 0.1) is 4.90 Å². The van der Waals surface area contributed by atoms with Crippen LogP contribution in [0.1, 0.15) is 10.4 Å². The van der Waals surface area contributed by atoms with Crippen LogP contribution in [0.5, 0.6) is 0 Å². The molecule has 0 aliphatic carbocycles. The maximum absolute atomic E-state index is 12.7. The standard InChI is InChI=1S/C8H5FO3S/c9-5-1-2-6-7(10)4-13(11,12)8(6)3-5/h1-3H,4H2. The molecule has 0 saturated heterocycles. The summed E-state index contributed by atoms with van der Waals surface area (Å²) >= 11 is 0. The van der Waals surface area contributed by atoms with Gasteiger partial charge in [-0.3, -0.25) is 4.79 Å². The molecule has 1 heterocycles. The quantitative estimate of drug-likeness (QED) is 0.622. The van der Waals surface area contributed by atoms with E-state index in [-0.39, 0.29) is 10.5 Å². The predicted octanol–water partition coefficient (Wildman–Crippen LogP) is 0.796. The average molecular weight is 200 g/mol. The SMILES string of the molecule is O=C1CS(=O)(=O)c2cc(F)ccc21. The van der Waals surface area contributed by atoms with E-state index in [4.69, 9.17) is 0 Å². The molecule has 13 heavy (non-hydrogen) atoms. The molecular formula is C8H5FO3S. The second-order valence-corrected chi connectivity index (χ2v) is 4.78. The Kier molecular flexibility index (Phi) is 1.53. The minimum absolute atomic E-state index is 0.0985. The summed E-state index contributed by atoms with van der Waals surface area (Å²) in [5.74, 6) is -1.64. The van der Waals surface area contributed by atoms with Gasteiger partial charge >= 0.3 is 0 Å². The van der Waals surface area contributed by atoms with Gasteiger partial charge in [-0.1, -0.05) is 0 Å². The summed E-state index contributed by atoms with van der Waals surface area (Å²) in [6.45, 7) is 0. The van der Waals surface area contributed by atoms with Gasteiger partial charge in [-0.05, 0) is 18.2 Å². The third-order valence-corrected chi connectivity index (χ3v) is 3.55. The number of halogens is 1. The molecule has 0 bridgehead atoms. The Labute approximate surface area is 74.1 Å². The molecule has 0 spiro atoms. The summed E-state index contributed by atoms with van der Waals surface area (Å²) in [5, 5.41) is 0. The second kappa shape index (κ2) is 2.38. The summed E-state index contributed by atoms with van der Waals surface area (Å²) in [6, 6.07) is 3.17. The van der Waals surface area contributed by atoms with Gasteiger partial charge in [0.2, 0.25) is 0 Å². The number of hydrogen-bond donors (Lipinski definition) is 0. The summed E-state index contributed by atoms with van der Waals surface area (Å²) in [6.07, 6.45) is 0. The van der Waals surface area contributed by atoms with Crippen LogP contribution in [0.4, 0.5) is 4.39 Å². The number of fused-ring (bicyclic) bond motifs is 1. The maximum Gasteiger partial charge on any atom is 0.186 e. The minimum atomic E-state index is -3.57. The van der Waals surface area contributed by atoms with E-state index in [9.17, 15) is 17.6 Å². The number of hydrogen-bond acceptors (Lipinski definition) is 3. The van der Waals surface area contributed by atoms with Crippen LogP contribution >= 0.6 is 0 Å². The van der Waals surface area contributed by atoms with Gasteiger partial charge in [-0.25, -0.2) is 12.8 Å². The Morgan fingerprint density at radius 3 is 2.69 bits per heavy atom. The fourth-order valence-electron chi connectivity index (χ4n) is 1.31. The van der Waals surface area contributed by atoms with Crippen LogP contribution in [0.15, 0.2) is 23.1 Å². The van der Waals surface area contributed by atoms with Gasteiger partial charge in [-0.15, -0.1) is 0 Å². The predicted molar refractivity (Wildman–Crippen MR) is 42.8 cm³/mol. The first-order chi connectivity index (χ1) is 6.00. The molecule has 0 unspecified atom stereocenters. The molecule has 3 nitrogen and oxygen atoms in total. The highest BCUT2D eigenvalue weighted by Crippen LogP contribution is 2.26. The van der Waals surface area contributed by atoms with Crippen molar-refractivity contribution in [1.82, 2.24) is 0 Å². The number of ketones is 1. The Bertz CT molecular complexity index is 490. The van der Waals surface area contributed by atoms with Crippen molar-refractivity contribution < 1.29 is 17.6 Å². The fraction of sp³-hybridized carbons (Fsp3) is 0.125. The lowest BCUT2D eigenvalue weighted by molar-refractivity contribution is 0.102. The van der Waals surface area contributed by atoms with Crippen molar-refractivity contribution in [3.63, 3.8) is 0 Å². The van der Waals surface area contributed by atoms with E-state index in [1.54, 1.807) is 0 Å². The van der Waals surface area contributed by atoms with Crippen molar-refractivity contribution >= 4 is 15.6 Å². The highest BCUT2D eigenvalue weighted by molar-refractivity contribution is 7.92. The molecule has 1 aliphatic rings. The Balaban J connectivity index is 2.81. The molecule has 0 radical (unpaired) electrons. The number of benzene rings is 1. The molecule has 0 atom stereocenters. The number of rotatable bonds is 0. The van der Waals surface area contributed by atoms with Crippen molar-refractivity contribution in [2.45, 2.75) is 4.90 Å². The summed E-state index contributed by atoms with van der Waals surface area (Å²) in [7, 11) is -3.57. The molecule has 1 aromatic carbocycles. The Morgan fingerprint density at radius 1 is 1.31 bits per heavy atom. The first-order valence-corrected chi connectivity index (χ1v) is 5.21. The zero-order chi connectivity index (χ0) is 9.64. The normalized spacial score (nSPS) is 18.7. The first-order valence-electron chi connectivity index (χ1n) is 3.56. The topological polar surface area (TPSA) is 51.2 Å². The van der Waals surface area contributed by atoms with Gasteiger partial charge in [0.25, 0.3) is 0 Å². The van der Waals surface area contributed by atoms with E-state index in [2.05, 4.69) is 0 Å². The third kappa shape index (κ3) is 1.16. The van der Waals surface area contributed by atoms with Gasteiger partial charge in [0.15, 0.2) is 15.6 Å². The van der Waals surface area contributed by atoms with Gasteiger partial charge in [-0.2, -0.15) is 0 Å². The van der Waals surface area contributed by atoms with Crippen LogP contribution in [0.3, 0.4) is 0 Å². The maximum atomic E-state index is 12.7. The zero-order valence-corrected chi connectivity index (χ0v) is 7.27. The van der Waals surface area contributed by atoms with Gasteiger partial charge in [0.1, 0.15) is 11.6 Å². The molecule has 0 N–H and O–H groups in total. The van der Waals surface area contributed by atoms with Crippen LogP contribution in [-0.4, -0.2) is 20.0 Å². The molecular weight excluding hydrogens is 195 g/mol. The highest BCUT2D eigenvalue weighted by atomic mass is 32.2. The number of Topliss-reactive ketones (excluding diaryl/α,β-unsaturated/α-hetero) is 1. The molecule has 0 aromatic heterocycles. The molecule has 0 amide bonds. The molecule has 5 heteroatoms.